The van der Waals surface area contributed by atoms with E-state index in [4.69, 9.17) is 5.11 Å². The van der Waals surface area contributed by atoms with Gasteiger partial charge in [-0.25, -0.2) is 0 Å². The minimum atomic E-state index is -1.75. The van der Waals surface area contributed by atoms with Crippen LogP contribution in [0.2, 0.25) is 0 Å². The molecule has 9 nitrogen and oxygen atoms in total. The Balaban J connectivity index is 2.04. The molecule has 0 aliphatic carbocycles. The molecular formula is C18H26N2O7. The number of likely N-dealkylation sites (N-methyl/N-ethyl adjacent to an activating group) is 1. The van der Waals surface area contributed by atoms with Gasteiger partial charge in [-0.05, 0) is 36.6 Å². The summed E-state index contributed by atoms with van der Waals surface area (Å²) in [5, 5.41) is 50.4. The molecule has 0 fully saturated rings. The number of hydrogen-bond donors (Lipinski definition) is 6. The molecule has 1 aromatic carbocycles. The van der Waals surface area contributed by atoms with Crippen molar-refractivity contribution in [2.45, 2.75) is 43.7 Å². The minimum Gasteiger partial charge on any atom is -0.394 e. The molecule has 0 radical (unpaired) electrons. The van der Waals surface area contributed by atoms with Gasteiger partial charge in [0.15, 0.2) is 0 Å². The molecule has 9 heteroatoms. The molecule has 0 bridgehead atoms. The summed E-state index contributed by atoms with van der Waals surface area (Å²) in [4.78, 5) is 25.4. The molecule has 2 amide bonds. The first-order valence-corrected chi connectivity index (χ1v) is 8.76. The quantitative estimate of drug-likeness (QED) is 0.335. The van der Waals surface area contributed by atoms with E-state index < -0.39 is 36.9 Å². The van der Waals surface area contributed by atoms with E-state index in [2.05, 4.69) is 5.32 Å². The highest BCUT2D eigenvalue weighted by atomic mass is 16.4. The largest absolute Gasteiger partial charge is 0.394 e. The Bertz CT molecular complexity index is 682. The lowest BCUT2D eigenvalue weighted by Gasteiger charge is -2.28. The van der Waals surface area contributed by atoms with E-state index in [1.165, 1.54) is 11.9 Å². The van der Waals surface area contributed by atoms with Gasteiger partial charge in [0.2, 0.25) is 5.91 Å². The highest BCUT2D eigenvalue weighted by molar-refractivity contribution is 5.97. The second-order valence-corrected chi connectivity index (χ2v) is 6.76. The van der Waals surface area contributed by atoms with Gasteiger partial charge in [-0.2, -0.15) is 0 Å². The zero-order valence-electron chi connectivity index (χ0n) is 15.1. The number of aliphatic hydroxyl groups excluding tert-OH is 5. The first-order valence-electron chi connectivity index (χ1n) is 8.76. The van der Waals surface area contributed by atoms with E-state index in [1.54, 1.807) is 18.2 Å². The number of hydrogen-bond acceptors (Lipinski definition) is 7. The number of aryl methyl sites for hydroxylation is 1. The smallest absolute Gasteiger partial charge is 0.253 e. The van der Waals surface area contributed by atoms with Gasteiger partial charge in [0, 0.05) is 31.3 Å². The summed E-state index contributed by atoms with van der Waals surface area (Å²) in [6, 6.07) is 4.91. The zero-order chi connectivity index (χ0) is 20.1. The number of anilines is 1. The first kappa shape index (κ1) is 21.3. The lowest BCUT2D eigenvalue weighted by Crippen LogP contribution is -2.49. The number of carbonyl (C=O) groups is 2. The van der Waals surface area contributed by atoms with E-state index in [9.17, 15) is 30.0 Å². The monoisotopic (exact) mass is 382 g/mol. The van der Waals surface area contributed by atoms with Crippen LogP contribution >= 0.6 is 0 Å². The number of nitrogens with one attached hydrogen (secondary N) is 1. The maximum atomic E-state index is 12.6. The van der Waals surface area contributed by atoms with Crippen LogP contribution in [0.4, 0.5) is 5.69 Å². The second-order valence-electron chi connectivity index (χ2n) is 6.76. The van der Waals surface area contributed by atoms with Crippen LogP contribution in [-0.4, -0.2) is 86.9 Å². The fraction of sp³-hybridized carbons (Fsp3) is 0.556. The van der Waals surface area contributed by atoms with Gasteiger partial charge < -0.3 is 35.7 Å². The lowest BCUT2D eigenvalue weighted by atomic mass is 10.0. The van der Waals surface area contributed by atoms with Crippen molar-refractivity contribution in [3.8, 4) is 0 Å². The van der Waals surface area contributed by atoms with Crippen molar-refractivity contribution < 1.29 is 35.1 Å². The maximum Gasteiger partial charge on any atom is 0.253 e. The average molecular weight is 382 g/mol. The predicted molar refractivity (Wildman–Crippen MR) is 96.1 cm³/mol. The number of nitrogens with zero attached hydrogens (tertiary/aromatic N) is 1. The van der Waals surface area contributed by atoms with Crippen LogP contribution in [0.3, 0.4) is 0 Å². The Morgan fingerprint density at radius 1 is 1.15 bits per heavy atom. The normalized spacial score (nSPS) is 18.5. The van der Waals surface area contributed by atoms with Crippen molar-refractivity contribution in [1.29, 1.82) is 0 Å². The summed E-state index contributed by atoms with van der Waals surface area (Å²) >= 11 is 0. The Hall–Kier alpha value is -2.04. The van der Waals surface area contributed by atoms with Crippen molar-refractivity contribution in [2.75, 3.05) is 25.5 Å². The number of amides is 2. The Morgan fingerprint density at radius 3 is 2.48 bits per heavy atom. The molecule has 4 unspecified atom stereocenters. The molecular weight excluding hydrogens is 356 g/mol. The third kappa shape index (κ3) is 5.24. The number of fused-ring (bicyclic) bond motifs is 1. The molecule has 1 aliphatic heterocycles. The molecule has 1 heterocycles. The van der Waals surface area contributed by atoms with Gasteiger partial charge in [0.1, 0.15) is 24.4 Å². The van der Waals surface area contributed by atoms with Gasteiger partial charge in [0.25, 0.3) is 5.91 Å². The van der Waals surface area contributed by atoms with Gasteiger partial charge in [0.05, 0.1) is 6.61 Å². The fourth-order valence-corrected chi connectivity index (χ4v) is 2.96. The highest BCUT2D eigenvalue weighted by Crippen LogP contribution is 2.24. The summed E-state index contributed by atoms with van der Waals surface area (Å²) in [5.74, 6) is -0.470. The van der Waals surface area contributed by atoms with Crippen LogP contribution in [0.15, 0.2) is 18.2 Å². The highest BCUT2D eigenvalue weighted by Gasteiger charge is 2.31. The molecule has 2 rings (SSSR count). The zero-order valence-corrected chi connectivity index (χ0v) is 15.1. The Kier molecular flexibility index (Phi) is 7.28. The third-order valence-corrected chi connectivity index (χ3v) is 4.61. The SMILES string of the molecule is CN(CC(O)C(O)C(O)C(O)CO)C(=O)c1ccc2c(c1)CCCC(=O)N2. The summed E-state index contributed by atoms with van der Waals surface area (Å²) < 4.78 is 0. The number of aliphatic hydroxyl groups is 5. The van der Waals surface area contributed by atoms with Gasteiger partial charge in [-0.1, -0.05) is 0 Å². The number of rotatable bonds is 7. The van der Waals surface area contributed by atoms with E-state index in [-0.39, 0.29) is 12.5 Å². The van der Waals surface area contributed by atoms with Crippen LogP contribution in [0.1, 0.15) is 28.8 Å². The molecule has 150 valence electrons. The topological polar surface area (TPSA) is 151 Å². The Morgan fingerprint density at radius 2 is 1.81 bits per heavy atom. The van der Waals surface area contributed by atoms with Crippen LogP contribution in [0, 0.1) is 0 Å². The maximum absolute atomic E-state index is 12.6. The van der Waals surface area contributed by atoms with Crippen LogP contribution in [0.5, 0.6) is 0 Å². The minimum absolute atomic E-state index is 0.0642. The third-order valence-electron chi connectivity index (χ3n) is 4.61. The van der Waals surface area contributed by atoms with E-state index in [1.807, 2.05) is 0 Å². The molecule has 6 N–H and O–H groups in total. The molecule has 0 spiro atoms. The molecule has 0 saturated heterocycles. The van der Waals surface area contributed by atoms with E-state index in [0.717, 1.165) is 5.56 Å². The van der Waals surface area contributed by atoms with Crippen molar-refractivity contribution >= 4 is 17.5 Å². The molecule has 0 aromatic heterocycles. The van der Waals surface area contributed by atoms with Gasteiger partial charge >= 0.3 is 0 Å². The van der Waals surface area contributed by atoms with Crippen molar-refractivity contribution in [2.24, 2.45) is 0 Å². The Labute approximate surface area is 156 Å². The van der Waals surface area contributed by atoms with Crippen LogP contribution < -0.4 is 5.32 Å². The van der Waals surface area contributed by atoms with Crippen molar-refractivity contribution in [1.82, 2.24) is 4.90 Å². The molecule has 1 aromatic rings. The molecule has 1 aliphatic rings. The summed E-state index contributed by atoms with van der Waals surface area (Å²) in [7, 11) is 1.43. The summed E-state index contributed by atoms with van der Waals surface area (Å²) in [6.45, 7) is -1.06. The van der Waals surface area contributed by atoms with Crippen LogP contribution in [0.25, 0.3) is 0 Å². The van der Waals surface area contributed by atoms with Crippen molar-refractivity contribution in [3.05, 3.63) is 29.3 Å². The lowest BCUT2D eigenvalue weighted by molar-refractivity contribution is -0.117. The predicted octanol–water partition coefficient (Wildman–Crippen LogP) is -1.53. The van der Waals surface area contributed by atoms with E-state index >= 15 is 0 Å². The van der Waals surface area contributed by atoms with Gasteiger partial charge in [-0.15, -0.1) is 0 Å². The van der Waals surface area contributed by atoms with Crippen molar-refractivity contribution in [3.63, 3.8) is 0 Å². The summed E-state index contributed by atoms with van der Waals surface area (Å²) in [5.41, 5.74) is 1.89. The van der Waals surface area contributed by atoms with Crippen LogP contribution in [-0.2, 0) is 11.2 Å². The van der Waals surface area contributed by atoms with E-state index in [0.29, 0.717) is 30.5 Å². The average Bonchev–Trinajstić information content (AvgIpc) is 2.85. The molecule has 27 heavy (non-hydrogen) atoms. The molecule has 0 saturated carbocycles. The molecule has 4 atom stereocenters. The number of benzene rings is 1. The number of carbonyl (C=O) groups excluding carboxylic acids is 2. The summed E-state index contributed by atoms with van der Waals surface area (Å²) in [6.07, 6.45) is -4.84. The standard InChI is InChI=1S/C18H26N2O7/c1-20(8-13(22)16(25)17(26)14(23)9-21)18(27)11-5-6-12-10(7-11)3-2-4-15(24)19-12/h5-7,13-14,16-17,21-23,25-26H,2-4,8-9H2,1H3,(H,19,24). The van der Waals surface area contributed by atoms with Gasteiger partial charge in [-0.3, -0.25) is 9.59 Å². The first-order chi connectivity index (χ1) is 12.7. The second kappa shape index (κ2) is 9.25. The fourth-order valence-electron chi connectivity index (χ4n) is 2.96.